The van der Waals surface area contributed by atoms with Crippen LogP contribution in [0.4, 0.5) is 0 Å². The number of carbonyl (C=O) groups is 3. The van der Waals surface area contributed by atoms with Gasteiger partial charge in [0.1, 0.15) is 67.1 Å². The van der Waals surface area contributed by atoms with Crippen molar-refractivity contribution >= 4 is 23.9 Å². The van der Waals surface area contributed by atoms with E-state index in [1.54, 1.807) is 36.4 Å². The third kappa shape index (κ3) is 6.79. The predicted octanol–water partition coefficient (Wildman–Crippen LogP) is -3.97. The lowest BCUT2D eigenvalue weighted by molar-refractivity contribution is -0.298. The van der Waals surface area contributed by atoms with Gasteiger partial charge in [-0.1, -0.05) is 36.4 Å². The maximum atomic E-state index is 14.2. The Morgan fingerprint density at radius 3 is 2.54 bits per heavy atom. The van der Waals surface area contributed by atoms with Crippen molar-refractivity contribution in [2.45, 2.75) is 93.2 Å². The molecule has 1 aromatic carbocycles. The molecule has 13 atom stereocenters. The number of aliphatic hydroxyl groups is 6. The third-order valence-electron chi connectivity index (χ3n) is 9.79. The summed E-state index contributed by atoms with van der Waals surface area (Å²) in [6.45, 7) is 0.309. The molecule has 4 saturated heterocycles. The van der Waals surface area contributed by atoms with E-state index in [2.05, 4.69) is 10.6 Å². The van der Waals surface area contributed by atoms with Crippen LogP contribution in [0.3, 0.4) is 0 Å². The van der Waals surface area contributed by atoms with Gasteiger partial charge in [-0.15, -0.1) is 0 Å². The molecule has 1 aromatic rings. The molecule has 6 rings (SSSR count). The fourth-order valence-corrected chi connectivity index (χ4v) is 7.26. The monoisotopic (exact) mass is 709 g/mol. The first kappa shape index (κ1) is 36.7. The molecule has 4 aliphatic heterocycles. The van der Waals surface area contributed by atoms with Crippen LogP contribution in [-0.4, -0.2) is 160 Å². The zero-order chi connectivity index (χ0) is 35.7. The minimum atomic E-state index is -1.55. The molecule has 1 aliphatic carbocycles. The molecular weight excluding hydrogens is 666 g/mol. The molecule has 13 unspecified atom stereocenters. The van der Waals surface area contributed by atoms with E-state index in [0.29, 0.717) is 5.56 Å². The highest BCUT2D eigenvalue weighted by molar-refractivity contribution is 5.96. The molecule has 18 nitrogen and oxygen atoms in total. The standard InChI is InChI=1S/C32H43N3O15/c1-15(38)20(28(42)33-8-9-36)34-31(44)32-11-18-24-25(47-14-46-24)27(32)50-35(26(32)29(43)48-18)12-17-6-4-16(5-7-17)3-2-10-45-30-23(41)22(40)21(39)19(13-37)49-30/h2-7,15,18-27,30,36-41H,8-14H2,1H3,(H,33,42)(H,34,44). The van der Waals surface area contributed by atoms with Gasteiger partial charge >= 0.3 is 5.97 Å². The number of esters is 1. The number of nitrogens with one attached hydrogen (secondary N) is 2. The van der Waals surface area contributed by atoms with Crippen LogP contribution in [0.2, 0.25) is 0 Å². The maximum absolute atomic E-state index is 14.2. The van der Waals surface area contributed by atoms with Gasteiger partial charge in [-0.25, -0.2) is 0 Å². The van der Waals surface area contributed by atoms with E-state index in [-0.39, 0.29) is 39.5 Å². The van der Waals surface area contributed by atoms with Crippen LogP contribution < -0.4 is 10.6 Å². The van der Waals surface area contributed by atoms with Gasteiger partial charge in [0.2, 0.25) is 11.8 Å². The van der Waals surface area contributed by atoms with Crippen LogP contribution in [0.25, 0.3) is 6.08 Å². The first-order chi connectivity index (χ1) is 24.0. The van der Waals surface area contributed by atoms with E-state index in [1.807, 2.05) is 0 Å². The van der Waals surface area contributed by atoms with Crippen LogP contribution in [0.15, 0.2) is 30.3 Å². The summed E-state index contributed by atoms with van der Waals surface area (Å²) < 4.78 is 28.1. The van der Waals surface area contributed by atoms with Crippen molar-refractivity contribution < 1.29 is 73.5 Å². The molecule has 4 heterocycles. The Balaban J connectivity index is 1.15. The second-order valence-corrected chi connectivity index (χ2v) is 13.0. The summed E-state index contributed by atoms with van der Waals surface area (Å²) in [5.74, 6) is -2.10. The third-order valence-corrected chi connectivity index (χ3v) is 9.79. The molecule has 1 saturated carbocycles. The largest absolute Gasteiger partial charge is 0.458 e. The Morgan fingerprint density at radius 2 is 1.84 bits per heavy atom. The van der Waals surface area contributed by atoms with Gasteiger partial charge in [-0.05, 0) is 18.1 Å². The molecule has 2 bridgehead atoms. The van der Waals surface area contributed by atoms with Gasteiger partial charge in [0.05, 0.1) is 32.5 Å². The smallest absolute Gasteiger partial charge is 0.327 e. The topological polar surface area (TPSA) is 255 Å². The Hall–Kier alpha value is -3.11. The summed E-state index contributed by atoms with van der Waals surface area (Å²) in [7, 11) is 0. The summed E-state index contributed by atoms with van der Waals surface area (Å²) in [6.07, 6.45) is -7.98. The van der Waals surface area contributed by atoms with Crippen molar-refractivity contribution in [1.82, 2.24) is 15.7 Å². The number of aliphatic hydroxyl groups excluding tert-OH is 6. The Kier molecular flexibility index (Phi) is 11.2. The second kappa shape index (κ2) is 15.2. The molecule has 8 N–H and O–H groups in total. The first-order valence-corrected chi connectivity index (χ1v) is 16.4. The molecule has 2 amide bonds. The van der Waals surface area contributed by atoms with Gasteiger partial charge in [0.25, 0.3) is 0 Å². The molecule has 18 heteroatoms. The number of ether oxygens (including phenoxy) is 5. The molecule has 0 spiro atoms. The van der Waals surface area contributed by atoms with Gasteiger partial charge < -0.3 is 65.0 Å². The highest BCUT2D eigenvalue weighted by Crippen LogP contribution is 2.55. The lowest BCUT2D eigenvalue weighted by atomic mass is 9.62. The summed E-state index contributed by atoms with van der Waals surface area (Å²) in [6, 6.07) is 4.57. The van der Waals surface area contributed by atoms with Crippen molar-refractivity contribution in [1.29, 1.82) is 0 Å². The molecule has 5 aliphatic rings. The Bertz CT molecular complexity index is 1410. The van der Waals surface area contributed by atoms with E-state index in [0.717, 1.165) is 5.56 Å². The van der Waals surface area contributed by atoms with Crippen LogP contribution in [-0.2, 0) is 49.5 Å². The van der Waals surface area contributed by atoms with Gasteiger partial charge in [0, 0.05) is 13.0 Å². The minimum absolute atomic E-state index is 0.0185. The number of benzene rings is 1. The number of nitrogens with zero attached hydrogens (tertiary/aromatic N) is 1. The SMILES string of the molecule is CC(O)C(NC(=O)C12CC3OC(=O)C1N(Cc1ccc(C=CCOC4OC(CO)C(O)C(O)C4O)cc1)OC2C1OCOC31)C(=O)NCCO. The fourth-order valence-electron chi connectivity index (χ4n) is 7.26. The number of hydrogen-bond donors (Lipinski definition) is 8. The lowest BCUT2D eigenvalue weighted by Crippen LogP contribution is -2.71. The van der Waals surface area contributed by atoms with Crippen molar-refractivity contribution in [3.05, 3.63) is 41.5 Å². The minimum Gasteiger partial charge on any atom is -0.458 e. The molecular formula is C32H43N3O15. The van der Waals surface area contributed by atoms with Gasteiger partial charge in [-0.3, -0.25) is 19.2 Å². The van der Waals surface area contributed by atoms with Gasteiger partial charge in [0.15, 0.2) is 12.3 Å². The predicted molar refractivity (Wildman–Crippen MR) is 165 cm³/mol. The number of amides is 2. The van der Waals surface area contributed by atoms with Crippen LogP contribution >= 0.6 is 0 Å². The number of fused-ring (bicyclic) bond motifs is 4. The lowest BCUT2D eigenvalue weighted by Gasteiger charge is -2.49. The molecule has 0 aromatic heterocycles. The van der Waals surface area contributed by atoms with E-state index in [4.69, 9.17) is 33.6 Å². The average Bonchev–Trinajstić information content (AvgIpc) is 3.73. The second-order valence-electron chi connectivity index (χ2n) is 13.0. The molecule has 276 valence electrons. The van der Waals surface area contributed by atoms with Crippen LogP contribution in [0, 0.1) is 5.41 Å². The quantitative estimate of drug-likeness (QED) is 0.0909. The summed E-state index contributed by atoms with van der Waals surface area (Å²) in [4.78, 5) is 47.0. The number of carbonyl (C=O) groups excluding carboxylic acids is 3. The molecule has 0 radical (unpaired) electrons. The summed E-state index contributed by atoms with van der Waals surface area (Å²) >= 11 is 0. The Labute approximate surface area is 286 Å². The van der Waals surface area contributed by atoms with E-state index in [9.17, 15) is 39.9 Å². The van der Waals surface area contributed by atoms with Crippen molar-refractivity contribution in [2.75, 3.05) is 33.2 Å². The van der Waals surface area contributed by atoms with E-state index in [1.165, 1.54) is 12.0 Å². The number of rotatable bonds is 13. The highest BCUT2D eigenvalue weighted by atomic mass is 16.8. The average molecular weight is 710 g/mol. The van der Waals surface area contributed by atoms with Crippen LogP contribution in [0.5, 0.6) is 0 Å². The van der Waals surface area contributed by atoms with Crippen LogP contribution in [0.1, 0.15) is 24.5 Å². The Morgan fingerprint density at radius 1 is 1.10 bits per heavy atom. The fraction of sp³-hybridized carbons (Fsp3) is 0.656. The van der Waals surface area contributed by atoms with Crippen molar-refractivity contribution in [2.24, 2.45) is 5.41 Å². The first-order valence-electron chi connectivity index (χ1n) is 16.4. The normalized spacial score (nSPS) is 37.6. The zero-order valence-electron chi connectivity index (χ0n) is 27.1. The zero-order valence-corrected chi connectivity index (χ0v) is 27.1. The van der Waals surface area contributed by atoms with E-state index < -0.39 is 103 Å². The van der Waals surface area contributed by atoms with Crippen molar-refractivity contribution in [3.8, 4) is 0 Å². The molecule has 50 heavy (non-hydrogen) atoms. The number of hydrogen-bond acceptors (Lipinski definition) is 16. The van der Waals surface area contributed by atoms with Gasteiger partial charge in [-0.2, -0.15) is 5.06 Å². The maximum Gasteiger partial charge on any atom is 0.327 e. The summed E-state index contributed by atoms with van der Waals surface area (Å²) in [5, 5.41) is 65.3. The molecule has 5 fully saturated rings. The van der Waals surface area contributed by atoms with Crippen molar-refractivity contribution in [3.63, 3.8) is 0 Å². The highest BCUT2D eigenvalue weighted by Gasteiger charge is 2.74. The summed E-state index contributed by atoms with van der Waals surface area (Å²) in [5.41, 5.74) is -0.0711. The number of hydroxylamine groups is 2. The van der Waals surface area contributed by atoms with E-state index >= 15 is 0 Å².